The third-order valence-electron chi connectivity index (χ3n) is 1.82. The van der Waals surface area contributed by atoms with Gasteiger partial charge in [-0.15, -0.1) is 0 Å². The van der Waals surface area contributed by atoms with Crippen molar-refractivity contribution in [3.8, 4) is 0 Å². The number of rotatable bonds is 3. The number of nitrogens with zero attached hydrogens (tertiary/aromatic N) is 2. The van der Waals surface area contributed by atoms with Crippen LogP contribution in [-0.2, 0) is 0 Å². The van der Waals surface area contributed by atoms with Crippen molar-refractivity contribution in [3.63, 3.8) is 0 Å². The Balaban J connectivity index is 2.91. The molecule has 0 aliphatic carbocycles. The van der Waals surface area contributed by atoms with Gasteiger partial charge in [-0.05, 0) is 12.0 Å². The first-order valence-electron chi connectivity index (χ1n) is 4.26. The van der Waals surface area contributed by atoms with Gasteiger partial charge in [-0.3, -0.25) is 0 Å². The van der Waals surface area contributed by atoms with Crippen molar-refractivity contribution in [2.24, 2.45) is 0 Å². The first kappa shape index (κ1) is 10.1. The standard InChI is InChI=1S/C9H14N2O2/c1-6(2)7-3-8(9(13)4-12)11-5-10-7/h3,5-6,9,12-13H,4H2,1-2H3. The van der Waals surface area contributed by atoms with Crippen LogP contribution < -0.4 is 0 Å². The summed E-state index contributed by atoms with van der Waals surface area (Å²) in [5.41, 5.74) is 1.35. The lowest BCUT2D eigenvalue weighted by molar-refractivity contribution is 0.0920. The molecule has 0 saturated carbocycles. The highest BCUT2D eigenvalue weighted by molar-refractivity contribution is 5.13. The van der Waals surface area contributed by atoms with Crippen LogP contribution in [0.3, 0.4) is 0 Å². The highest BCUT2D eigenvalue weighted by atomic mass is 16.3. The fourth-order valence-electron chi connectivity index (χ4n) is 0.980. The molecule has 0 amide bonds. The van der Waals surface area contributed by atoms with Gasteiger partial charge in [0.15, 0.2) is 0 Å². The van der Waals surface area contributed by atoms with Crippen molar-refractivity contribution in [2.45, 2.75) is 25.9 Å². The zero-order valence-electron chi connectivity index (χ0n) is 7.81. The summed E-state index contributed by atoms with van der Waals surface area (Å²) in [5.74, 6) is 0.299. The van der Waals surface area contributed by atoms with E-state index >= 15 is 0 Å². The van der Waals surface area contributed by atoms with E-state index in [2.05, 4.69) is 9.97 Å². The Morgan fingerprint density at radius 1 is 1.31 bits per heavy atom. The van der Waals surface area contributed by atoms with Gasteiger partial charge < -0.3 is 10.2 Å². The van der Waals surface area contributed by atoms with Crippen LogP contribution in [0.2, 0.25) is 0 Å². The van der Waals surface area contributed by atoms with Crippen LogP contribution in [0, 0.1) is 0 Å². The fourth-order valence-corrected chi connectivity index (χ4v) is 0.980. The van der Waals surface area contributed by atoms with Gasteiger partial charge in [-0.2, -0.15) is 0 Å². The Bertz CT molecular complexity index is 276. The Labute approximate surface area is 77.3 Å². The molecule has 0 aliphatic rings. The lowest BCUT2D eigenvalue weighted by Gasteiger charge is -2.09. The molecule has 0 aliphatic heterocycles. The van der Waals surface area contributed by atoms with Gasteiger partial charge in [0.05, 0.1) is 12.3 Å². The van der Waals surface area contributed by atoms with E-state index in [1.807, 2.05) is 13.8 Å². The maximum Gasteiger partial charge on any atom is 0.119 e. The summed E-state index contributed by atoms with van der Waals surface area (Å²) < 4.78 is 0. The van der Waals surface area contributed by atoms with Gasteiger partial charge in [0.25, 0.3) is 0 Å². The summed E-state index contributed by atoms with van der Waals surface area (Å²) in [6.07, 6.45) is 0.504. The van der Waals surface area contributed by atoms with E-state index in [1.165, 1.54) is 6.33 Å². The summed E-state index contributed by atoms with van der Waals surface area (Å²) in [7, 11) is 0. The Kier molecular flexibility index (Phi) is 3.33. The van der Waals surface area contributed by atoms with Crippen LogP contribution in [0.1, 0.15) is 37.3 Å². The minimum Gasteiger partial charge on any atom is -0.393 e. The second-order valence-electron chi connectivity index (χ2n) is 3.22. The van der Waals surface area contributed by atoms with Crippen molar-refractivity contribution < 1.29 is 10.2 Å². The maximum absolute atomic E-state index is 9.30. The normalized spacial score (nSPS) is 13.3. The molecule has 0 radical (unpaired) electrons. The van der Waals surface area contributed by atoms with E-state index in [9.17, 15) is 5.11 Å². The monoisotopic (exact) mass is 182 g/mol. The first-order valence-corrected chi connectivity index (χ1v) is 4.26. The minimum absolute atomic E-state index is 0.299. The molecular weight excluding hydrogens is 168 g/mol. The van der Waals surface area contributed by atoms with Crippen LogP contribution >= 0.6 is 0 Å². The number of aliphatic hydroxyl groups is 2. The smallest absolute Gasteiger partial charge is 0.119 e. The molecule has 1 rings (SSSR count). The topological polar surface area (TPSA) is 66.2 Å². The maximum atomic E-state index is 9.30. The largest absolute Gasteiger partial charge is 0.393 e. The van der Waals surface area contributed by atoms with E-state index in [0.717, 1.165) is 5.69 Å². The van der Waals surface area contributed by atoms with Crippen LogP contribution in [-0.4, -0.2) is 26.8 Å². The predicted molar refractivity (Wildman–Crippen MR) is 48.2 cm³/mol. The SMILES string of the molecule is CC(C)c1cc(C(O)CO)ncn1. The molecule has 2 N–H and O–H groups in total. The average Bonchev–Trinajstić information content (AvgIpc) is 2.17. The molecule has 0 spiro atoms. The highest BCUT2D eigenvalue weighted by Gasteiger charge is 2.09. The van der Waals surface area contributed by atoms with Crippen molar-refractivity contribution >= 4 is 0 Å². The van der Waals surface area contributed by atoms with Gasteiger partial charge in [-0.1, -0.05) is 13.8 Å². The number of hydrogen-bond donors (Lipinski definition) is 2. The van der Waals surface area contributed by atoms with Crippen LogP contribution in [0.15, 0.2) is 12.4 Å². The lowest BCUT2D eigenvalue weighted by Crippen LogP contribution is -2.07. The van der Waals surface area contributed by atoms with Gasteiger partial charge in [-0.25, -0.2) is 9.97 Å². The summed E-state index contributed by atoms with van der Waals surface area (Å²) in [4.78, 5) is 7.92. The Morgan fingerprint density at radius 2 is 1.92 bits per heavy atom. The third kappa shape index (κ3) is 2.47. The summed E-state index contributed by atoms with van der Waals surface area (Å²) in [5, 5.41) is 18.0. The van der Waals surface area contributed by atoms with Crippen molar-refractivity contribution in [3.05, 3.63) is 23.8 Å². The van der Waals surface area contributed by atoms with E-state index in [-0.39, 0.29) is 6.61 Å². The van der Waals surface area contributed by atoms with Gasteiger partial charge in [0.1, 0.15) is 12.4 Å². The molecule has 1 aromatic rings. The second kappa shape index (κ2) is 4.30. The van der Waals surface area contributed by atoms with Gasteiger partial charge >= 0.3 is 0 Å². The molecule has 4 heteroatoms. The molecular formula is C9H14N2O2. The number of hydrogen-bond acceptors (Lipinski definition) is 4. The van der Waals surface area contributed by atoms with E-state index in [4.69, 9.17) is 5.11 Å². The number of aromatic nitrogens is 2. The quantitative estimate of drug-likeness (QED) is 0.719. The Morgan fingerprint density at radius 3 is 2.46 bits per heavy atom. The molecule has 72 valence electrons. The Hall–Kier alpha value is -1.00. The summed E-state index contributed by atoms with van der Waals surface area (Å²) in [6, 6.07) is 1.71. The van der Waals surface area contributed by atoms with Crippen molar-refractivity contribution in [1.29, 1.82) is 0 Å². The first-order chi connectivity index (χ1) is 6.15. The molecule has 4 nitrogen and oxygen atoms in total. The molecule has 0 fully saturated rings. The molecule has 1 heterocycles. The van der Waals surface area contributed by atoms with Gasteiger partial charge in [0, 0.05) is 5.69 Å². The van der Waals surface area contributed by atoms with E-state index in [0.29, 0.717) is 11.6 Å². The van der Waals surface area contributed by atoms with E-state index < -0.39 is 6.10 Å². The van der Waals surface area contributed by atoms with Crippen LogP contribution in [0.4, 0.5) is 0 Å². The van der Waals surface area contributed by atoms with Gasteiger partial charge in [0.2, 0.25) is 0 Å². The third-order valence-corrected chi connectivity index (χ3v) is 1.82. The predicted octanol–water partition coefficient (Wildman–Crippen LogP) is 0.626. The minimum atomic E-state index is -0.902. The second-order valence-corrected chi connectivity index (χ2v) is 3.22. The zero-order valence-corrected chi connectivity index (χ0v) is 7.81. The van der Waals surface area contributed by atoms with E-state index in [1.54, 1.807) is 6.07 Å². The molecule has 1 unspecified atom stereocenters. The molecule has 0 bridgehead atoms. The lowest BCUT2D eigenvalue weighted by atomic mass is 10.1. The zero-order chi connectivity index (χ0) is 9.84. The summed E-state index contributed by atoms with van der Waals surface area (Å²) >= 11 is 0. The van der Waals surface area contributed by atoms with Crippen LogP contribution in [0.25, 0.3) is 0 Å². The number of aliphatic hydroxyl groups excluding tert-OH is 2. The molecule has 0 saturated heterocycles. The molecule has 13 heavy (non-hydrogen) atoms. The fraction of sp³-hybridized carbons (Fsp3) is 0.556. The summed E-state index contributed by atoms with van der Waals surface area (Å²) in [6.45, 7) is 3.71. The van der Waals surface area contributed by atoms with Crippen molar-refractivity contribution in [1.82, 2.24) is 9.97 Å². The highest BCUT2D eigenvalue weighted by Crippen LogP contribution is 2.14. The molecule has 1 aromatic heterocycles. The van der Waals surface area contributed by atoms with Crippen LogP contribution in [0.5, 0.6) is 0 Å². The molecule has 1 atom stereocenters. The van der Waals surface area contributed by atoms with Crippen molar-refractivity contribution in [2.75, 3.05) is 6.61 Å². The average molecular weight is 182 g/mol. The molecule has 0 aromatic carbocycles.